The number of hydrogen-bond donors (Lipinski definition) is 2. The van der Waals surface area contributed by atoms with Crippen LogP contribution in [-0.2, 0) is 9.47 Å². The lowest BCUT2D eigenvalue weighted by molar-refractivity contribution is -0.0818. The quantitative estimate of drug-likeness (QED) is 0.420. The zero-order valence-corrected chi connectivity index (χ0v) is 7.02. The molecule has 0 saturated carbocycles. The second-order valence-corrected chi connectivity index (χ2v) is 2.16. The van der Waals surface area contributed by atoms with Crippen LogP contribution in [0.5, 0.6) is 0 Å². The van der Waals surface area contributed by atoms with Crippen molar-refractivity contribution in [3.63, 3.8) is 0 Å². The van der Waals surface area contributed by atoms with E-state index in [1.165, 1.54) is 7.05 Å². The summed E-state index contributed by atoms with van der Waals surface area (Å²) in [5, 5.41) is 9.65. The topological polar surface area (TPSA) is 85.0 Å². The van der Waals surface area contributed by atoms with E-state index in [-0.39, 0.29) is 13.2 Å². The molecule has 0 radical (unpaired) electrons. The highest BCUT2D eigenvalue weighted by Crippen LogP contribution is 1.80. The predicted octanol–water partition coefficient (Wildman–Crippen LogP) is -0.581. The highest BCUT2D eigenvalue weighted by molar-refractivity contribution is 5.64. The molecule has 0 atom stereocenters. The van der Waals surface area contributed by atoms with Gasteiger partial charge in [-0.3, -0.25) is 0 Å². The molecule has 0 aliphatic rings. The van der Waals surface area contributed by atoms with Crippen molar-refractivity contribution in [3.05, 3.63) is 0 Å². The molecule has 0 heterocycles. The van der Waals surface area contributed by atoms with Gasteiger partial charge >= 0.3 is 6.09 Å². The van der Waals surface area contributed by atoms with Crippen LogP contribution in [0, 0.1) is 0 Å². The number of rotatable bonds is 6. The summed E-state index contributed by atoms with van der Waals surface area (Å²) in [5.74, 6) is 0. The third-order valence-corrected chi connectivity index (χ3v) is 1.03. The first-order chi connectivity index (χ1) is 5.63. The van der Waals surface area contributed by atoms with Gasteiger partial charge in [0.1, 0.15) is 6.61 Å². The van der Waals surface area contributed by atoms with E-state index >= 15 is 0 Å². The molecule has 6 nitrogen and oxygen atoms in total. The Morgan fingerprint density at radius 2 is 2.17 bits per heavy atom. The summed E-state index contributed by atoms with van der Waals surface area (Å²) in [7, 11) is 1.52. The largest absolute Gasteiger partial charge is 0.447 e. The summed E-state index contributed by atoms with van der Waals surface area (Å²) < 4.78 is 9.35. The maximum absolute atomic E-state index is 10.0. The maximum Gasteiger partial charge on any atom is 0.404 e. The van der Waals surface area contributed by atoms with Crippen molar-refractivity contribution < 1.29 is 19.5 Å². The zero-order chi connectivity index (χ0) is 9.40. The minimum Gasteiger partial charge on any atom is -0.447 e. The van der Waals surface area contributed by atoms with Crippen molar-refractivity contribution in [2.24, 2.45) is 5.73 Å². The summed E-state index contributed by atoms with van der Waals surface area (Å²) in [5.41, 5.74) is 4.69. The van der Waals surface area contributed by atoms with Gasteiger partial charge < -0.3 is 20.4 Å². The molecule has 0 bridgehead atoms. The summed E-state index contributed by atoms with van der Waals surface area (Å²) in [6.07, 6.45) is -0.808. The second kappa shape index (κ2) is 6.84. The lowest BCUT2D eigenvalue weighted by Gasteiger charge is -2.07. The van der Waals surface area contributed by atoms with Gasteiger partial charge in [-0.05, 0) is 0 Å². The molecule has 0 aliphatic carbocycles. The van der Waals surface area contributed by atoms with E-state index in [0.717, 1.165) is 5.06 Å². The molecule has 0 spiro atoms. The monoisotopic (exact) mass is 178 g/mol. The SMILES string of the molecule is CN(O)CCOCCOC(N)=O. The van der Waals surface area contributed by atoms with Crippen molar-refractivity contribution in [3.8, 4) is 0 Å². The van der Waals surface area contributed by atoms with Crippen LogP contribution in [0.4, 0.5) is 4.79 Å². The van der Waals surface area contributed by atoms with Crippen LogP contribution in [0.2, 0.25) is 0 Å². The van der Waals surface area contributed by atoms with Gasteiger partial charge in [-0.25, -0.2) is 4.79 Å². The molecule has 0 saturated heterocycles. The lowest BCUT2D eigenvalue weighted by Crippen LogP contribution is -2.21. The van der Waals surface area contributed by atoms with E-state index in [4.69, 9.17) is 15.7 Å². The molecule has 3 N–H and O–H groups in total. The number of primary amides is 1. The molecule has 0 aromatic heterocycles. The third-order valence-electron chi connectivity index (χ3n) is 1.03. The standard InChI is InChI=1S/C6H14N2O4/c1-8(10)2-3-11-4-5-12-6(7)9/h10H,2-5H2,1H3,(H2,7,9). The predicted molar refractivity (Wildman–Crippen MR) is 40.8 cm³/mol. The molecule has 0 fully saturated rings. The molecule has 12 heavy (non-hydrogen) atoms. The molecule has 0 aromatic rings. The number of nitrogens with two attached hydrogens (primary N) is 1. The molecular formula is C6H14N2O4. The van der Waals surface area contributed by atoms with E-state index in [1.807, 2.05) is 0 Å². The minimum atomic E-state index is -0.808. The van der Waals surface area contributed by atoms with E-state index < -0.39 is 6.09 Å². The van der Waals surface area contributed by atoms with Gasteiger partial charge in [-0.2, -0.15) is 5.06 Å². The van der Waals surface area contributed by atoms with Crippen LogP contribution in [0.25, 0.3) is 0 Å². The number of hydrogen-bond acceptors (Lipinski definition) is 5. The minimum absolute atomic E-state index is 0.143. The lowest BCUT2D eigenvalue weighted by atomic mass is 10.7. The first-order valence-electron chi connectivity index (χ1n) is 3.53. The highest BCUT2D eigenvalue weighted by atomic mass is 16.6. The normalized spacial score (nSPS) is 10.2. The Morgan fingerprint density at radius 1 is 1.50 bits per heavy atom. The van der Waals surface area contributed by atoms with Crippen LogP contribution in [0.15, 0.2) is 0 Å². The fraction of sp³-hybridized carbons (Fsp3) is 0.833. The van der Waals surface area contributed by atoms with Crippen molar-refractivity contribution in [2.45, 2.75) is 0 Å². The van der Waals surface area contributed by atoms with Crippen molar-refractivity contribution in [1.29, 1.82) is 0 Å². The van der Waals surface area contributed by atoms with Gasteiger partial charge in [0.2, 0.25) is 0 Å². The van der Waals surface area contributed by atoms with Crippen LogP contribution >= 0.6 is 0 Å². The fourth-order valence-electron chi connectivity index (χ4n) is 0.500. The van der Waals surface area contributed by atoms with Crippen LogP contribution in [0.3, 0.4) is 0 Å². The van der Waals surface area contributed by atoms with Gasteiger partial charge in [0.25, 0.3) is 0 Å². The molecule has 0 aliphatic heterocycles. The Balaban J connectivity index is 2.96. The smallest absolute Gasteiger partial charge is 0.404 e. The van der Waals surface area contributed by atoms with Gasteiger partial charge in [-0.15, -0.1) is 0 Å². The van der Waals surface area contributed by atoms with Crippen molar-refractivity contribution in [2.75, 3.05) is 33.4 Å². The Morgan fingerprint density at radius 3 is 2.67 bits per heavy atom. The molecule has 0 rings (SSSR count). The Bertz CT molecular complexity index is 129. The summed E-state index contributed by atoms with van der Waals surface area (Å²) in [6, 6.07) is 0. The maximum atomic E-state index is 10.0. The van der Waals surface area contributed by atoms with Crippen molar-refractivity contribution in [1.82, 2.24) is 5.06 Å². The highest BCUT2D eigenvalue weighted by Gasteiger charge is 1.94. The molecule has 1 amide bonds. The van der Waals surface area contributed by atoms with E-state index in [0.29, 0.717) is 13.2 Å². The Kier molecular flexibility index (Phi) is 6.35. The van der Waals surface area contributed by atoms with Gasteiger partial charge in [0.15, 0.2) is 0 Å². The average Bonchev–Trinajstić information content (AvgIpc) is 1.95. The van der Waals surface area contributed by atoms with Gasteiger partial charge in [0.05, 0.1) is 13.2 Å². The van der Waals surface area contributed by atoms with E-state index in [9.17, 15) is 4.79 Å². The first-order valence-corrected chi connectivity index (χ1v) is 3.53. The molecule has 0 aromatic carbocycles. The van der Waals surface area contributed by atoms with Crippen LogP contribution in [0.1, 0.15) is 0 Å². The summed E-state index contributed by atoms with van der Waals surface area (Å²) in [4.78, 5) is 10.0. The number of amides is 1. The average molecular weight is 178 g/mol. The number of ether oxygens (including phenoxy) is 2. The number of hydroxylamine groups is 2. The van der Waals surface area contributed by atoms with Crippen molar-refractivity contribution >= 4 is 6.09 Å². The number of likely N-dealkylation sites (N-methyl/N-ethyl adjacent to an activating group) is 1. The van der Waals surface area contributed by atoms with Crippen LogP contribution < -0.4 is 5.73 Å². The first kappa shape index (κ1) is 11.2. The Labute approximate surface area is 70.8 Å². The zero-order valence-electron chi connectivity index (χ0n) is 7.02. The van der Waals surface area contributed by atoms with Gasteiger partial charge in [0, 0.05) is 13.6 Å². The number of carbonyl (C=O) groups excluding carboxylic acids is 1. The van der Waals surface area contributed by atoms with Gasteiger partial charge in [-0.1, -0.05) is 0 Å². The molecular weight excluding hydrogens is 164 g/mol. The Hall–Kier alpha value is -0.850. The molecule has 6 heteroatoms. The number of nitrogens with zero attached hydrogens (tertiary/aromatic N) is 1. The van der Waals surface area contributed by atoms with Crippen LogP contribution in [-0.4, -0.2) is 49.8 Å². The third kappa shape index (κ3) is 9.15. The number of carbonyl (C=O) groups is 1. The van der Waals surface area contributed by atoms with E-state index in [2.05, 4.69) is 4.74 Å². The summed E-state index contributed by atoms with van der Waals surface area (Å²) in [6.45, 7) is 1.23. The molecule has 0 unspecified atom stereocenters. The second-order valence-electron chi connectivity index (χ2n) is 2.16. The summed E-state index contributed by atoms with van der Waals surface area (Å²) >= 11 is 0. The van der Waals surface area contributed by atoms with E-state index in [1.54, 1.807) is 0 Å². The molecule has 72 valence electrons. The fourth-order valence-corrected chi connectivity index (χ4v) is 0.500.